The maximum absolute atomic E-state index is 12.2. The molecule has 3 nitrogen and oxygen atoms in total. The number of carbonyl (C=O) groups is 1. The Labute approximate surface area is 137 Å². The Balaban J connectivity index is 0. The highest BCUT2D eigenvalue weighted by Crippen LogP contribution is 2.32. The first-order valence-electron chi connectivity index (χ1n) is 7.85. The van der Waals surface area contributed by atoms with Gasteiger partial charge in [0.1, 0.15) is 0 Å². The SMILES string of the molecule is CC.CC.C\C=C/C=C1/CC(NC(=O)C(F)(F)F)C(O)/C1=C/C. The Hall–Kier alpha value is -1.56. The first-order chi connectivity index (χ1) is 10.8. The largest absolute Gasteiger partial charge is 0.471 e. The maximum Gasteiger partial charge on any atom is 0.471 e. The fourth-order valence-electron chi connectivity index (χ4n) is 1.99. The molecule has 0 aromatic rings. The molecule has 1 aliphatic rings. The highest BCUT2D eigenvalue weighted by atomic mass is 19.4. The summed E-state index contributed by atoms with van der Waals surface area (Å²) in [5.74, 6) is -2.03. The molecule has 0 spiro atoms. The van der Waals surface area contributed by atoms with Crippen molar-refractivity contribution in [3.05, 3.63) is 35.5 Å². The van der Waals surface area contributed by atoms with Crippen molar-refractivity contribution in [2.75, 3.05) is 0 Å². The Bertz CT molecular complexity index is 438. The molecule has 1 rings (SSSR count). The number of hydrogen-bond acceptors (Lipinski definition) is 2. The van der Waals surface area contributed by atoms with Gasteiger partial charge in [-0.1, -0.05) is 52.0 Å². The van der Waals surface area contributed by atoms with E-state index in [1.54, 1.807) is 38.2 Å². The van der Waals surface area contributed by atoms with Crippen LogP contribution in [0.5, 0.6) is 0 Å². The summed E-state index contributed by atoms with van der Waals surface area (Å²) >= 11 is 0. The summed E-state index contributed by atoms with van der Waals surface area (Å²) in [6, 6.07) is -0.947. The van der Waals surface area contributed by atoms with Crippen molar-refractivity contribution in [2.24, 2.45) is 0 Å². The maximum atomic E-state index is 12.2. The Kier molecular flexibility index (Phi) is 12.3. The van der Waals surface area contributed by atoms with Gasteiger partial charge in [-0.25, -0.2) is 0 Å². The quantitative estimate of drug-likeness (QED) is 0.790. The molecule has 0 aromatic carbocycles. The normalized spacial score (nSPS) is 24.1. The van der Waals surface area contributed by atoms with Crippen molar-refractivity contribution >= 4 is 5.91 Å². The van der Waals surface area contributed by atoms with E-state index in [4.69, 9.17) is 0 Å². The van der Waals surface area contributed by atoms with Gasteiger partial charge in [0, 0.05) is 0 Å². The van der Waals surface area contributed by atoms with Crippen LogP contribution >= 0.6 is 0 Å². The third-order valence-corrected chi connectivity index (χ3v) is 2.89. The average Bonchev–Trinajstić information content (AvgIpc) is 2.83. The first-order valence-corrected chi connectivity index (χ1v) is 7.85. The summed E-state index contributed by atoms with van der Waals surface area (Å²) in [7, 11) is 0. The molecule has 6 heteroatoms. The lowest BCUT2D eigenvalue weighted by molar-refractivity contribution is -0.174. The van der Waals surface area contributed by atoms with Crippen LogP contribution in [0.2, 0.25) is 0 Å². The van der Waals surface area contributed by atoms with E-state index in [0.29, 0.717) is 5.57 Å². The van der Waals surface area contributed by atoms with Crippen molar-refractivity contribution in [3.63, 3.8) is 0 Å². The summed E-state index contributed by atoms with van der Waals surface area (Å²) in [4.78, 5) is 10.9. The van der Waals surface area contributed by atoms with E-state index in [2.05, 4.69) is 0 Å². The molecule has 1 saturated carbocycles. The van der Waals surface area contributed by atoms with Crippen molar-refractivity contribution in [1.29, 1.82) is 0 Å². The number of nitrogens with one attached hydrogen (secondary N) is 1. The minimum Gasteiger partial charge on any atom is -0.386 e. The van der Waals surface area contributed by atoms with Crippen molar-refractivity contribution in [1.82, 2.24) is 5.32 Å². The summed E-state index contributed by atoms with van der Waals surface area (Å²) in [5, 5.41) is 11.7. The van der Waals surface area contributed by atoms with Crippen LogP contribution in [0.4, 0.5) is 13.2 Å². The molecule has 0 aliphatic heterocycles. The number of aliphatic hydroxyl groups excluding tert-OH is 1. The zero-order chi connectivity index (χ0) is 18.6. The van der Waals surface area contributed by atoms with E-state index < -0.39 is 24.2 Å². The predicted octanol–water partition coefficient (Wildman–Crippen LogP) is 4.30. The van der Waals surface area contributed by atoms with Gasteiger partial charge in [-0.05, 0) is 31.4 Å². The number of amides is 1. The van der Waals surface area contributed by atoms with E-state index >= 15 is 0 Å². The second-order valence-electron chi connectivity index (χ2n) is 4.19. The van der Waals surface area contributed by atoms with Crippen LogP contribution in [0, 0.1) is 0 Å². The van der Waals surface area contributed by atoms with Crippen LogP contribution < -0.4 is 5.32 Å². The smallest absolute Gasteiger partial charge is 0.386 e. The second kappa shape index (κ2) is 11.9. The van der Waals surface area contributed by atoms with Crippen LogP contribution in [-0.2, 0) is 4.79 Å². The lowest BCUT2D eigenvalue weighted by Crippen LogP contribution is -2.46. The third-order valence-electron chi connectivity index (χ3n) is 2.89. The van der Waals surface area contributed by atoms with Gasteiger partial charge in [-0.3, -0.25) is 4.79 Å². The van der Waals surface area contributed by atoms with Crippen molar-refractivity contribution < 1.29 is 23.1 Å². The highest BCUT2D eigenvalue weighted by molar-refractivity contribution is 5.82. The molecule has 23 heavy (non-hydrogen) atoms. The van der Waals surface area contributed by atoms with Gasteiger partial charge >= 0.3 is 12.1 Å². The Morgan fingerprint density at radius 1 is 1.22 bits per heavy atom. The molecule has 0 radical (unpaired) electrons. The van der Waals surface area contributed by atoms with E-state index in [-0.39, 0.29) is 6.42 Å². The van der Waals surface area contributed by atoms with E-state index in [0.717, 1.165) is 5.57 Å². The van der Waals surface area contributed by atoms with Crippen LogP contribution in [0.1, 0.15) is 48.0 Å². The van der Waals surface area contributed by atoms with Gasteiger partial charge < -0.3 is 10.4 Å². The lowest BCUT2D eigenvalue weighted by Gasteiger charge is -2.17. The number of carbonyl (C=O) groups excluding carboxylic acids is 1. The number of halogens is 3. The zero-order valence-electron chi connectivity index (χ0n) is 14.7. The van der Waals surface area contributed by atoms with Crippen LogP contribution in [0.25, 0.3) is 0 Å². The molecule has 2 N–H and O–H groups in total. The Morgan fingerprint density at radius 3 is 2.13 bits per heavy atom. The molecule has 134 valence electrons. The number of alkyl halides is 3. The molecular formula is C17H28F3NO2. The lowest BCUT2D eigenvalue weighted by atomic mass is 10.1. The van der Waals surface area contributed by atoms with Gasteiger partial charge in [0.25, 0.3) is 0 Å². The van der Waals surface area contributed by atoms with Gasteiger partial charge in [-0.2, -0.15) is 13.2 Å². The Morgan fingerprint density at radius 2 is 1.74 bits per heavy atom. The summed E-state index contributed by atoms with van der Waals surface area (Å²) in [5.41, 5.74) is 1.27. The molecule has 1 fully saturated rings. The summed E-state index contributed by atoms with van der Waals surface area (Å²) < 4.78 is 36.5. The monoisotopic (exact) mass is 335 g/mol. The van der Waals surface area contributed by atoms with Crippen molar-refractivity contribution in [3.8, 4) is 0 Å². The summed E-state index contributed by atoms with van der Waals surface area (Å²) in [6.07, 6.45) is 0.984. The molecule has 0 aromatic heterocycles. The van der Waals surface area contributed by atoms with Gasteiger partial charge in [0.2, 0.25) is 0 Å². The van der Waals surface area contributed by atoms with Gasteiger partial charge in [-0.15, -0.1) is 0 Å². The topological polar surface area (TPSA) is 49.3 Å². The van der Waals surface area contributed by atoms with E-state index in [9.17, 15) is 23.1 Å². The average molecular weight is 335 g/mol. The van der Waals surface area contributed by atoms with Gasteiger partial charge in [0.05, 0.1) is 12.1 Å². The van der Waals surface area contributed by atoms with E-state index in [1.807, 2.05) is 33.0 Å². The van der Waals surface area contributed by atoms with Crippen LogP contribution in [0.15, 0.2) is 35.5 Å². The van der Waals surface area contributed by atoms with Crippen LogP contribution in [-0.4, -0.2) is 29.3 Å². The number of aliphatic hydroxyl groups is 1. The fourth-order valence-corrected chi connectivity index (χ4v) is 1.99. The van der Waals surface area contributed by atoms with Gasteiger partial charge in [0.15, 0.2) is 0 Å². The standard InChI is InChI=1S/C13H16F3NO2.2C2H6/c1-3-5-6-8-7-10(11(18)9(8)4-2)17-12(19)13(14,15)16;2*1-2/h3-6,10-11,18H,7H2,1-2H3,(H,17,19);2*1-2H3/b5-3-,8-6-,9-4+;;. The molecule has 1 aliphatic carbocycles. The number of rotatable bonds is 2. The first kappa shape index (κ1) is 23.7. The summed E-state index contributed by atoms with van der Waals surface area (Å²) in [6.45, 7) is 11.5. The number of hydrogen-bond donors (Lipinski definition) is 2. The third kappa shape index (κ3) is 7.50. The zero-order valence-corrected chi connectivity index (χ0v) is 14.7. The molecule has 1 amide bonds. The molecular weight excluding hydrogens is 307 g/mol. The molecule has 0 saturated heterocycles. The van der Waals surface area contributed by atoms with E-state index in [1.165, 1.54) is 0 Å². The second-order valence-corrected chi connectivity index (χ2v) is 4.19. The van der Waals surface area contributed by atoms with Crippen molar-refractivity contribution in [2.45, 2.75) is 66.3 Å². The molecule has 2 atom stereocenters. The molecule has 2 unspecified atom stereocenters. The molecule has 0 heterocycles. The van der Waals surface area contributed by atoms with Crippen LogP contribution in [0.3, 0.4) is 0 Å². The minimum absolute atomic E-state index is 0.174. The minimum atomic E-state index is -4.94. The number of allylic oxidation sites excluding steroid dienone is 4. The fraction of sp³-hybridized carbons (Fsp3) is 0.588. The molecule has 0 bridgehead atoms. The predicted molar refractivity (Wildman–Crippen MR) is 88.0 cm³/mol. The highest BCUT2D eigenvalue weighted by Gasteiger charge is 2.43.